The summed E-state index contributed by atoms with van der Waals surface area (Å²) < 4.78 is 4.65. The highest BCUT2D eigenvalue weighted by atomic mass is 16.5. The summed E-state index contributed by atoms with van der Waals surface area (Å²) in [7, 11) is 0. The second-order valence-corrected chi connectivity index (χ2v) is 3.59. The molecule has 98 valence electrons. The van der Waals surface area contributed by atoms with Crippen LogP contribution in [0.15, 0.2) is 12.1 Å². The van der Waals surface area contributed by atoms with Crippen molar-refractivity contribution in [3.05, 3.63) is 17.7 Å². The molecule has 6 heteroatoms. The summed E-state index contributed by atoms with van der Waals surface area (Å²) in [4.78, 5) is 22.8. The smallest absolute Gasteiger partial charge is 0.306 e. The Kier molecular flexibility index (Phi) is 4.53. The highest BCUT2D eigenvalue weighted by Gasteiger charge is 2.18. The number of ether oxygens (including phenoxy) is 1. The maximum absolute atomic E-state index is 11.7. The minimum Gasteiger partial charge on any atom is -0.508 e. The van der Waals surface area contributed by atoms with Crippen molar-refractivity contribution in [2.24, 2.45) is 0 Å². The molecule has 0 bridgehead atoms. The molecule has 3 N–H and O–H groups in total. The minimum atomic E-state index is -0.599. The van der Waals surface area contributed by atoms with Crippen LogP contribution in [0.3, 0.4) is 0 Å². The second-order valence-electron chi connectivity index (χ2n) is 3.59. The van der Waals surface area contributed by atoms with Gasteiger partial charge >= 0.3 is 5.97 Å². The SMILES string of the molecule is CCOC(=O)CCC(=O)c1c(O)cc(O)cc1O. The molecule has 0 saturated carbocycles. The van der Waals surface area contributed by atoms with Crippen molar-refractivity contribution < 1.29 is 29.6 Å². The molecule has 18 heavy (non-hydrogen) atoms. The fourth-order valence-corrected chi connectivity index (χ4v) is 1.46. The van der Waals surface area contributed by atoms with E-state index in [1.165, 1.54) is 0 Å². The van der Waals surface area contributed by atoms with Crippen LogP contribution >= 0.6 is 0 Å². The van der Waals surface area contributed by atoms with Gasteiger partial charge in [0.2, 0.25) is 0 Å². The number of carbonyl (C=O) groups excluding carboxylic acids is 2. The molecule has 0 fully saturated rings. The van der Waals surface area contributed by atoms with Crippen LogP contribution < -0.4 is 0 Å². The molecule has 6 nitrogen and oxygen atoms in total. The summed E-state index contributed by atoms with van der Waals surface area (Å²) in [6, 6.07) is 1.88. The Labute approximate surface area is 103 Å². The zero-order chi connectivity index (χ0) is 13.7. The molecule has 0 radical (unpaired) electrons. The predicted octanol–water partition coefficient (Wildman–Crippen LogP) is 1.33. The van der Waals surface area contributed by atoms with Crippen LogP contribution in [0.2, 0.25) is 0 Å². The first-order chi connectivity index (χ1) is 8.45. The largest absolute Gasteiger partial charge is 0.508 e. The summed E-state index contributed by atoms with van der Waals surface area (Å²) in [6.07, 6.45) is -0.322. The van der Waals surface area contributed by atoms with Gasteiger partial charge in [0.25, 0.3) is 0 Å². The number of benzene rings is 1. The van der Waals surface area contributed by atoms with E-state index in [-0.39, 0.29) is 30.8 Å². The van der Waals surface area contributed by atoms with Gasteiger partial charge in [-0.3, -0.25) is 9.59 Å². The molecule has 0 spiro atoms. The van der Waals surface area contributed by atoms with Crippen LogP contribution in [0.25, 0.3) is 0 Å². The van der Waals surface area contributed by atoms with Gasteiger partial charge < -0.3 is 20.1 Å². The van der Waals surface area contributed by atoms with Crippen LogP contribution in [0, 0.1) is 0 Å². The Morgan fingerprint density at radius 2 is 1.67 bits per heavy atom. The van der Waals surface area contributed by atoms with Crippen molar-refractivity contribution in [2.75, 3.05) is 6.61 Å². The lowest BCUT2D eigenvalue weighted by Gasteiger charge is -2.07. The summed E-state index contributed by atoms with van der Waals surface area (Å²) in [5.74, 6) is -2.53. The van der Waals surface area contributed by atoms with Gasteiger partial charge in [-0.15, -0.1) is 0 Å². The molecule has 0 aromatic heterocycles. The van der Waals surface area contributed by atoms with Gasteiger partial charge in [0, 0.05) is 18.6 Å². The third-order valence-corrected chi connectivity index (χ3v) is 2.22. The average Bonchev–Trinajstić information content (AvgIpc) is 2.25. The Bertz CT molecular complexity index is 443. The number of Topliss-reactive ketones (excluding diaryl/α,β-unsaturated/α-hetero) is 1. The lowest BCUT2D eigenvalue weighted by Crippen LogP contribution is -2.08. The summed E-state index contributed by atoms with van der Waals surface area (Å²) in [5, 5.41) is 28.0. The Balaban J connectivity index is 2.76. The molecular formula is C12H14O6. The van der Waals surface area contributed by atoms with Crippen LogP contribution in [-0.4, -0.2) is 33.7 Å². The molecule has 1 aromatic rings. The molecule has 0 aliphatic rings. The highest BCUT2D eigenvalue weighted by molar-refractivity contribution is 6.02. The lowest BCUT2D eigenvalue weighted by molar-refractivity contribution is -0.143. The lowest BCUT2D eigenvalue weighted by atomic mass is 10.0. The molecular weight excluding hydrogens is 240 g/mol. The first-order valence-corrected chi connectivity index (χ1v) is 5.39. The zero-order valence-corrected chi connectivity index (χ0v) is 9.84. The molecule has 1 rings (SSSR count). The van der Waals surface area contributed by atoms with Crippen LogP contribution in [-0.2, 0) is 9.53 Å². The zero-order valence-electron chi connectivity index (χ0n) is 9.84. The highest BCUT2D eigenvalue weighted by Crippen LogP contribution is 2.32. The molecule has 1 aromatic carbocycles. The normalized spacial score (nSPS) is 10.1. The maximum Gasteiger partial charge on any atom is 0.306 e. The number of aromatic hydroxyl groups is 3. The Morgan fingerprint density at radius 1 is 1.11 bits per heavy atom. The van der Waals surface area contributed by atoms with E-state index in [1.807, 2.05) is 0 Å². The second kappa shape index (κ2) is 5.90. The van der Waals surface area contributed by atoms with Gasteiger partial charge in [-0.05, 0) is 6.92 Å². The summed E-state index contributed by atoms with van der Waals surface area (Å²) >= 11 is 0. The Morgan fingerprint density at radius 3 is 2.17 bits per heavy atom. The van der Waals surface area contributed by atoms with Gasteiger partial charge in [-0.2, -0.15) is 0 Å². The number of rotatable bonds is 5. The first-order valence-electron chi connectivity index (χ1n) is 5.39. The van der Waals surface area contributed by atoms with Crippen molar-refractivity contribution in [3.8, 4) is 17.2 Å². The van der Waals surface area contributed by atoms with Gasteiger partial charge in [0.1, 0.15) is 22.8 Å². The number of ketones is 1. The van der Waals surface area contributed by atoms with E-state index in [2.05, 4.69) is 4.74 Å². The molecule has 0 aliphatic carbocycles. The number of carbonyl (C=O) groups is 2. The summed E-state index contributed by atoms with van der Waals surface area (Å²) in [5.41, 5.74) is -0.308. The van der Waals surface area contributed by atoms with E-state index >= 15 is 0 Å². The number of esters is 1. The molecule has 0 saturated heterocycles. The fraction of sp³-hybridized carbons (Fsp3) is 0.333. The molecule has 0 atom stereocenters. The number of phenols is 3. The molecule has 0 amide bonds. The third kappa shape index (κ3) is 3.38. The van der Waals surface area contributed by atoms with Crippen molar-refractivity contribution in [2.45, 2.75) is 19.8 Å². The molecule has 0 aliphatic heterocycles. The first kappa shape index (κ1) is 13.8. The van der Waals surface area contributed by atoms with E-state index in [4.69, 9.17) is 5.11 Å². The average molecular weight is 254 g/mol. The van der Waals surface area contributed by atoms with E-state index in [0.717, 1.165) is 12.1 Å². The van der Waals surface area contributed by atoms with Crippen LogP contribution in [0.4, 0.5) is 0 Å². The molecule has 0 heterocycles. The number of hydrogen-bond acceptors (Lipinski definition) is 6. The van der Waals surface area contributed by atoms with Crippen molar-refractivity contribution in [1.82, 2.24) is 0 Å². The van der Waals surface area contributed by atoms with Crippen molar-refractivity contribution >= 4 is 11.8 Å². The van der Waals surface area contributed by atoms with Gasteiger partial charge in [-0.25, -0.2) is 0 Å². The third-order valence-electron chi connectivity index (χ3n) is 2.22. The standard InChI is InChI=1S/C12H14O6/c1-2-18-11(17)4-3-8(14)12-9(15)5-7(13)6-10(12)16/h5-6,13,15-16H,2-4H2,1H3. The quantitative estimate of drug-likeness (QED) is 0.541. The monoisotopic (exact) mass is 254 g/mol. The predicted molar refractivity (Wildman–Crippen MR) is 61.6 cm³/mol. The topological polar surface area (TPSA) is 104 Å². The number of phenolic OH excluding ortho intramolecular Hbond substituents is 3. The minimum absolute atomic E-state index is 0.133. The van der Waals surface area contributed by atoms with Gasteiger partial charge in [-0.1, -0.05) is 0 Å². The van der Waals surface area contributed by atoms with Crippen LogP contribution in [0.5, 0.6) is 17.2 Å². The van der Waals surface area contributed by atoms with Crippen molar-refractivity contribution in [1.29, 1.82) is 0 Å². The number of hydrogen-bond donors (Lipinski definition) is 3. The van der Waals surface area contributed by atoms with Crippen LogP contribution in [0.1, 0.15) is 30.1 Å². The Hall–Kier alpha value is -2.24. The maximum atomic E-state index is 11.7. The fourth-order valence-electron chi connectivity index (χ4n) is 1.46. The van der Waals surface area contributed by atoms with E-state index in [9.17, 15) is 19.8 Å². The summed E-state index contributed by atoms with van der Waals surface area (Å²) in [6.45, 7) is 1.88. The van der Waals surface area contributed by atoms with Gasteiger partial charge in [0.05, 0.1) is 13.0 Å². The molecule has 0 unspecified atom stereocenters. The van der Waals surface area contributed by atoms with Crippen molar-refractivity contribution in [3.63, 3.8) is 0 Å². The van der Waals surface area contributed by atoms with E-state index in [0.29, 0.717) is 0 Å². The van der Waals surface area contributed by atoms with Gasteiger partial charge in [0.15, 0.2) is 5.78 Å². The van der Waals surface area contributed by atoms with E-state index in [1.54, 1.807) is 6.92 Å². The van der Waals surface area contributed by atoms with E-state index < -0.39 is 23.3 Å².